The van der Waals surface area contributed by atoms with E-state index in [9.17, 15) is 9.59 Å². The minimum atomic E-state index is -1.19. The maximum atomic E-state index is 17.6. The Morgan fingerprint density at radius 3 is 2.45 bits per heavy atom. The molecule has 0 unspecified atom stereocenters. The molecule has 1 saturated heterocycles. The van der Waals surface area contributed by atoms with E-state index in [0.717, 1.165) is 16.7 Å². The van der Waals surface area contributed by atoms with Gasteiger partial charge in [0, 0.05) is 37.3 Å². The van der Waals surface area contributed by atoms with Gasteiger partial charge in [-0.05, 0) is 69.8 Å². The van der Waals surface area contributed by atoms with Crippen LogP contribution in [0.2, 0.25) is 0 Å². The van der Waals surface area contributed by atoms with Crippen LogP contribution < -0.4 is 20.1 Å². The second kappa shape index (κ2) is 13.5. The molecule has 6 rings (SSSR count). The first-order chi connectivity index (χ1) is 24.2. The Morgan fingerprint density at radius 2 is 1.80 bits per heavy atom. The molecule has 4 aromatic rings. The lowest BCUT2D eigenvalue weighted by Crippen LogP contribution is -2.67. The van der Waals surface area contributed by atoms with E-state index in [0.29, 0.717) is 17.8 Å². The zero-order valence-electron chi connectivity index (χ0n) is 29.8. The molecule has 2 atom stereocenters. The Morgan fingerprint density at radius 1 is 1.08 bits per heavy atom. The van der Waals surface area contributed by atoms with Gasteiger partial charge in [0.15, 0.2) is 5.82 Å². The molecule has 268 valence electrons. The van der Waals surface area contributed by atoms with Gasteiger partial charge in [0.2, 0.25) is 5.91 Å². The molecule has 2 aromatic carbocycles. The summed E-state index contributed by atoms with van der Waals surface area (Å²) in [4.78, 5) is 53.5. The molecule has 13 heteroatoms. The summed E-state index contributed by atoms with van der Waals surface area (Å²) in [6.45, 7) is 11.4. The van der Waals surface area contributed by atoms with Gasteiger partial charge < -0.3 is 24.3 Å². The van der Waals surface area contributed by atoms with Gasteiger partial charge in [-0.15, -0.1) is 0 Å². The van der Waals surface area contributed by atoms with Crippen molar-refractivity contribution in [3.63, 3.8) is 0 Å². The molecule has 10 nitrogen and oxygen atoms in total. The lowest BCUT2D eigenvalue weighted by Gasteiger charge is -2.50. The highest BCUT2D eigenvalue weighted by molar-refractivity contribution is 6.13. The standard InChI is InChI=1S/C38H41F3N6O4/c1-9-29(48)45-19-27-37(49)44(16-15-43(6)7)36-35(46(27)18-21(45)4)24-17-26(40)31(30-25(39)11-10-12-28(30)51-8)32(41)34(24)47(38(36)50)33-22(5)42-14-13-23(33)20(2)3/h9-14,17,20-21,27H,1,15-16,18-19H2,2-8H3/t21-,27-/m1/s1. The maximum Gasteiger partial charge on any atom is 0.281 e. The van der Waals surface area contributed by atoms with Gasteiger partial charge in [0.25, 0.3) is 11.5 Å². The number of aromatic nitrogens is 2. The molecule has 0 radical (unpaired) electrons. The van der Waals surface area contributed by atoms with Crippen molar-refractivity contribution < 1.29 is 27.5 Å². The Kier molecular flexibility index (Phi) is 9.45. The number of benzene rings is 2. The summed E-state index contributed by atoms with van der Waals surface area (Å²) in [5.74, 6) is -4.26. The molecule has 2 aliphatic heterocycles. The molecule has 2 aliphatic rings. The van der Waals surface area contributed by atoms with Crippen molar-refractivity contribution in [1.82, 2.24) is 19.4 Å². The number of aryl methyl sites for hydroxylation is 1. The largest absolute Gasteiger partial charge is 0.496 e. The Balaban J connectivity index is 1.82. The third-order valence-corrected chi connectivity index (χ3v) is 9.81. The van der Waals surface area contributed by atoms with Crippen molar-refractivity contribution in [2.75, 3.05) is 57.2 Å². The van der Waals surface area contributed by atoms with Gasteiger partial charge in [0.1, 0.15) is 29.1 Å². The number of nitrogens with zero attached hydrogens (tertiary/aromatic N) is 6. The number of anilines is 2. The van der Waals surface area contributed by atoms with Crippen molar-refractivity contribution in [2.24, 2.45) is 0 Å². The average Bonchev–Trinajstić information content (AvgIpc) is 3.08. The van der Waals surface area contributed by atoms with E-state index >= 15 is 18.0 Å². The van der Waals surface area contributed by atoms with Crippen molar-refractivity contribution in [3.05, 3.63) is 88.2 Å². The minimum absolute atomic E-state index is 0.000310. The summed E-state index contributed by atoms with van der Waals surface area (Å²) < 4.78 is 56.3. The van der Waals surface area contributed by atoms with Crippen molar-refractivity contribution in [3.8, 4) is 22.6 Å². The van der Waals surface area contributed by atoms with Crippen LogP contribution in [-0.4, -0.2) is 90.6 Å². The van der Waals surface area contributed by atoms with Gasteiger partial charge in [-0.2, -0.15) is 0 Å². The molecule has 0 saturated carbocycles. The fraction of sp³-hybridized carbons (Fsp3) is 0.368. The molecule has 0 aliphatic carbocycles. The summed E-state index contributed by atoms with van der Waals surface area (Å²) in [6.07, 6.45) is 2.77. The summed E-state index contributed by atoms with van der Waals surface area (Å²) in [7, 11) is 4.92. The normalized spacial score (nSPS) is 17.3. The average molecular weight is 703 g/mol. The number of pyridine rings is 2. The smallest absolute Gasteiger partial charge is 0.281 e. The van der Waals surface area contributed by atoms with Gasteiger partial charge in [-0.25, -0.2) is 13.2 Å². The highest BCUT2D eigenvalue weighted by atomic mass is 19.1. The number of amides is 2. The zero-order chi connectivity index (χ0) is 37.0. The topological polar surface area (TPSA) is 91.2 Å². The molecule has 4 heterocycles. The highest BCUT2D eigenvalue weighted by Gasteiger charge is 2.47. The first-order valence-electron chi connectivity index (χ1n) is 16.8. The summed E-state index contributed by atoms with van der Waals surface area (Å²) in [6, 6.07) is 5.24. The molecular formula is C38H41F3N6O4. The number of likely N-dealkylation sites (N-methyl/N-ethyl adjacent to an activating group) is 1. The molecule has 0 spiro atoms. The van der Waals surface area contributed by atoms with Crippen LogP contribution in [0.4, 0.5) is 24.5 Å². The second-order valence-electron chi connectivity index (χ2n) is 13.6. The van der Waals surface area contributed by atoms with Crippen LogP contribution in [-0.2, 0) is 9.59 Å². The minimum Gasteiger partial charge on any atom is -0.496 e. The van der Waals surface area contributed by atoms with Gasteiger partial charge in [-0.1, -0.05) is 26.5 Å². The van der Waals surface area contributed by atoms with Crippen molar-refractivity contribution >= 4 is 34.1 Å². The quantitative estimate of drug-likeness (QED) is 0.227. The van der Waals surface area contributed by atoms with Crippen molar-refractivity contribution in [1.29, 1.82) is 0 Å². The van der Waals surface area contributed by atoms with Crippen LogP contribution in [0.25, 0.3) is 27.7 Å². The van der Waals surface area contributed by atoms with Crippen LogP contribution in [0.1, 0.15) is 37.9 Å². The first-order valence-corrected chi connectivity index (χ1v) is 16.8. The SMILES string of the molecule is C=CC(=O)N1C[C@@H]2C(=O)N(CCN(C)C)c3c(c4cc(F)c(-c5c(F)cccc5OC)c(F)c4n(-c4c(C(C)C)ccnc4C)c3=O)N2C[C@H]1C. The summed E-state index contributed by atoms with van der Waals surface area (Å²) in [5, 5.41) is -0.000310. The predicted molar refractivity (Wildman–Crippen MR) is 191 cm³/mol. The summed E-state index contributed by atoms with van der Waals surface area (Å²) >= 11 is 0. The molecule has 51 heavy (non-hydrogen) atoms. The number of fused-ring (bicyclic) bond motifs is 5. The number of ether oxygens (including phenoxy) is 1. The predicted octanol–water partition coefficient (Wildman–Crippen LogP) is 5.41. The van der Waals surface area contributed by atoms with Crippen LogP contribution in [0.5, 0.6) is 5.75 Å². The Labute approximate surface area is 294 Å². The third kappa shape index (κ3) is 5.73. The van der Waals surface area contributed by atoms with E-state index in [-0.39, 0.29) is 65.2 Å². The number of hydrogen-bond acceptors (Lipinski definition) is 7. The monoisotopic (exact) mass is 702 g/mol. The van der Waals surface area contributed by atoms with Gasteiger partial charge in [0.05, 0.1) is 47.4 Å². The third-order valence-electron chi connectivity index (χ3n) is 9.81. The number of rotatable bonds is 8. The highest BCUT2D eigenvalue weighted by Crippen LogP contribution is 2.46. The number of methoxy groups -OCH3 is 1. The number of halogens is 3. The van der Waals surface area contributed by atoms with E-state index in [2.05, 4.69) is 11.6 Å². The zero-order valence-corrected chi connectivity index (χ0v) is 29.8. The second-order valence-corrected chi connectivity index (χ2v) is 13.6. The van der Waals surface area contributed by atoms with Gasteiger partial charge >= 0.3 is 0 Å². The number of hydrogen-bond donors (Lipinski definition) is 0. The van der Waals surface area contributed by atoms with Crippen LogP contribution in [0.15, 0.2) is 54.0 Å². The fourth-order valence-electron chi connectivity index (χ4n) is 7.34. The Hall–Kier alpha value is -5.17. The van der Waals surface area contributed by atoms with Crippen molar-refractivity contribution in [2.45, 2.75) is 45.7 Å². The van der Waals surface area contributed by atoms with E-state index in [4.69, 9.17) is 4.74 Å². The van der Waals surface area contributed by atoms with Crippen LogP contribution >= 0.6 is 0 Å². The van der Waals surface area contributed by atoms with E-state index < -0.39 is 52.1 Å². The fourth-order valence-corrected chi connectivity index (χ4v) is 7.34. The Bertz CT molecular complexity index is 2150. The van der Waals surface area contributed by atoms with E-state index in [1.54, 1.807) is 31.0 Å². The number of piperazine rings is 1. The molecule has 1 fully saturated rings. The lowest BCUT2D eigenvalue weighted by atomic mass is 9.94. The molecule has 2 aromatic heterocycles. The van der Waals surface area contributed by atoms with Crippen LogP contribution in [0, 0.1) is 24.4 Å². The molecule has 2 amide bonds. The van der Waals surface area contributed by atoms with E-state index in [1.165, 1.54) is 35.1 Å². The van der Waals surface area contributed by atoms with E-state index in [1.807, 2.05) is 32.8 Å². The first kappa shape index (κ1) is 35.6. The lowest BCUT2D eigenvalue weighted by molar-refractivity contribution is -0.130. The number of carbonyl (C=O) groups excluding carboxylic acids is 2. The molecular weight excluding hydrogens is 661 g/mol. The number of carbonyl (C=O) groups is 2. The van der Waals surface area contributed by atoms with Crippen LogP contribution in [0.3, 0.4) is 0 Å². The molecule has 0 N–H and O–H groups in total. The maximum absolute atomic E-state index is 17.6. The molecule has 0 bridgehead atoms. The van der Waals surface area contributed by atoms with Gasteiger partial charge in [-0.3, -0.25) is 23.9 Å². The summed E-state index contributed by atoms with van der Waals surface area (Å²) in [5.41, 5.74) is -0.745.